The van der Waals surface area contributed by atoms with Crippen LogP contribution in [0, 0.1) is 0 Å². The van der Waals surface area contributed by atoms with Gasteiger partial charge in [0.05, 0.1) is 5.69 Å². The van der Waals surface area contributed by atoms with Crippen molar-refractivity contribution < 1.29 is 4.74 Å². The number of pyridine rings is 1. The topological polar surface area (TPSA) is 34.1 Å². The Kier molecular flexibility index (Phi) is 5.17. The molecule has 2 rings (SSSR count). The first-order valence-corrected chi connectivity index (χ1v) is 6.63. The highest BCUT2D eigenvalue weighted by molar-refractivity contribution is 9.10. The maximum Gasteiger partial charge on any atom is 0.119 e. The van der Waals surface area contributed by atoms with Crippen LogP contribution < -0.4 is 10.1 Å². The Balaban J connectivity index is 1.63. The van der Waals surface area contributed by atoms with E-state index in [-0.39, 0.29) is 0 Å². The summed E-state index contributed by atoms with van der Waals surface area (Å²) in [7, 11) is 0. The van der Waals surface area contributed by atoms with Crippen molar-refractivity contribution in [2.45, 2.75) is 6.54 Å². The van der Waals surface area contributed by atoms with Crippen molar-refractivity contribution in [1.82, 2.24) is 10.3 Å². The molecule has 0 atom stereocenters. The second-order valence-electron chi connectivity index (χ2n) is 3.81. The van der Waals surface area contributed by atoms with Crippen LogP contribution in [0.5, 0.6) is 5.75 Å². The van der Waals surface area contributed by atoms with Gasteiger partial charge in [-0.1, -0.05) is 18.2 Å². The first-order chi connectivity index (χ1) is 8.84. The first kappa shape index (κ1) is 13.1. The molecule has 3 nitrogen and oxygen atoms in total. The Labute approximate surface area is 115 Å². The Morgan fingerprint density at radius 1 is 1.11 bits per heavy atom. The van der Waals surface area contributed by atoms with Crippen molar-refractivity contribution in [2.75, 3.05) is 13.2 Å². The number of para-hydroxylation sites is 1. The smallest absolute Gasteiger partial charge is 0.119 e. The van der Waals surface area contributed by atoms with E-state index in [9.17, 15) is 0 Å². The van der Waals surface area contributed by atoms with Crippen LogP contribution >= 0.6 is 15.9 Å². The lowest BCUT2D eigenvalue weighted by atomic mass is 10.3. The molecule has 0 saturated carbocycles. The lowest BCUT2D eigenvalue weighted by Gasteiger charge is -2.07. The third-order valence-corrected chi connectivity index (χ3v) is 2.85. The number of hydrogen-bond acceptors (Lipinski definition) is 3. The lowest BCUT2D eigenvalue weighted by Crippen LogP contribution is -2.21. The van der Waals surface area contributed by atoms with Gasteiger partial charge in [0.2, 0.25) is 0 Å². The molecular formula is C14H15BrN2O. The molecule has 94 valence electrons. The number of hydrogen-bond donors (Lipinski definition) is 1. The number of nitrogens with one attached hydrogen (secondary N) is 1. The van der Waals surface area contributed by atoms with Crippen LogP contribution in [-0.2, 0) is 6.54 Å². The van der Waals surface area contributed by atoms with Gasteiger partial charge in [0.1, 0.15) is 12.4 Å². The number of rotatable bonds is 6. The molecule has 1 aromatic heterocycles. The Morgan fingerprint density at radius 2 is 1.94 bits per heavy atom. The number of aromatic nitrogens is 1. The zero-order valence-corrected chi connectivity index (χ0v) is 11.6. The molecule has 1 aromatic carbocycles. The summed E-state index contributed by atoms with van der Waals surface area (Å²) in [4.78, 5) is 4.28. The molecule has 0 fully saturated rings. The summed E-state index contributed by atoms with van der Waals surface area (Å²) in [6.07, 6.45) is 1.80. The minimum atomic E-state index is 0.653. The largest absolute Gasteiger partial charge is 0.492 e. The number of ether oxygens (including phenoxy) is 1. The van der Waals surface area contributed by atoms with Crippen molar-refractivity contribution in [1.29, 1.82) is 0 Å². The van der Waals surface area contributed by atoms with Gasteiger partial charge in [-0.15, -0.1) is 0 Å². The summed E-state index contributed by atoms with van der Waals surface area (Å²) < 4.78 is 6.57. The normalized spacial score (nSPS) is 10.3. The minimum absolute atomic E-state index is 0.653. The monoisotopic (exact) mass is 306 g/mol. The van der Waals surface area contributed by atoms with Crippen LogP contribution in [-0.4, -0.2) is 18.1 Å². The van der Waals surface area contributed by atoms with Crippen molar-refractivity contribution >= 4 is 15.9 Å². The van der Waals surface area contributed by atoms with Crippen LogP contribution in [0.4, 0.5) is 0 Å². The second kappa shape index (κ2) is 7.13. The van der Waals surface area contributed by atoms with E-state index in [4.69, 9.17) is 4.74 Å². The van der Waals surface area contributed by atoms with Crippen molar-refractivity contribution in [3.05, 3.63) is 58.8 Å². The van der Waals surface area contributed by atoms with Crippen LogP contribution in [0.15, 0.2) is 53.1 Å². The van der Waals surface area contributed by atoms with Gasteiger partial charge in [-0.2, -0.15) is 0 Å². The van der Waals surface area contributed by atoms with Gasteiger partial charge in [0, 0.05) is 23.8 Å². The predicted octanol–water partition coefficient (Wildman–Crippen LogP) is 3.01. The molecule has 0 aliphatic rings. The molecule has 0 aliphatic carbocycles. The van der Waals surface area contributed by atoms with Crippen molar-refractivity contribution in [2.24, 2.45) is 0 Å². The molecule has 0 radical (unpaired) electrons. The fraction of sp³-hybridized carbons (Fsp3) is 0.214. The summed E-state index contributed by atoms with van der Waals surface area (Å²) in [6, 6.07) is 13.8. The van der Waals surface area contributed by atoms with Crippen LogP contribution in [0.3, 0.4) is 0 Å². The molecule has 0 saturated heterocycles. The molecule has 18 heavy (non-hydrogen) atoms. The number of benzene rings is 1. The molecule has 1 N–H and O–H groups in total. The molecule has 0 spiro atoms. The molecule has 0 amide bonds. The van der Waals surface area contributed by atoms with E-state index in [0.717, 1.165) is 29.0 Å². The lowest BCUT2D eigenvalue weighted by molar-refractivity contribution is 0.313. The fourth-order valence-corrected chi connectivity index (χ4v) is 1.72. The van der Waals surface area contributed by atoms with E-state index in [1.807, 2.05) is 42.5 Å². The minimum Gasteiger partial charge on any atom is -0.492 e. The molecule has 1 heterocycles. The highest BCUT2D eigenvalue weighted by atomic mass is 79.9. The van der Waals surface area contributed by atoms with Crippen molar-refractivity contribution in [3.8, 4) is 5.75 Å². The van der Waals surface area contributed by atoms with Gasteiger partial charge in [0.25, 0.3) is 0 Å². The fourth-order valence-electron chi connectivity index (χ4n) is 1.49. The van der Waals surface area contributed by atoms with Crippen LogP contribution in [0.2, 0.25) is 0 Å². The summed E-state index contributed by atoms with van der Waals surface area (Å²) in [5.74, 6) is 0.904. The van der Waals surface area contributed by atoms with Gasteiger partial charge in [-0.3, -0.25) is 4.98 Å². The number of nitrogens with zero attached hydrogens (tertiary/aromatic N) is 1. The van der Waals surface area contributed by atoms with Gasteiger partial charge < -0.3 is 10.1 Å². The average molecular weight is 307 g/mol. The highest BCUT2D eigenvalue weighted by Gasteiger charge is 1.95. The zero-order valence-electron chi connectivity index (χ0n) is 9.97. The summed E-state index contributed by atoms with van der Waals surface area (Å²) in [5, 5.41) is 3.29. The van der Waals surface area contributed by atoms with Crippen LogP contribution in [0.25, 0.3) is 0 Å². The Hall–Kier alpha value is -1.39. The van der Waals surface area contributed by atoms with E-state index in [1.165, 1.54) is 0 Å². The Morgan fingerprint density at radius 3 is 2.67 bits per heavy atom. The maximum atomic E-state index is 5.57. The molecule has 4 heteroatoms. The van der Waals surface area contributed by atoms with Gasteiger partial charge in [-0.05, 0) is 40.2 Å². The summed E-state index contributed by atoms with van der Waals surface area (Å²) in [6.45, 7) is 2.21. The number of halogens is 1. The molecular weight excluding hydrogens is 292 g/mol. The molecule has 0 aliphatic heterocycles. The third-order valence-electron chi connectivity index (χ3n) is 2.39. The average Bonchev–Trinajstić information content (AvgIpc) is 2.42. The quantitative estimate of drug-likeness (QED) is 0.833. The first-order valence-electron chi connectivity index (χ1n) is 5.83. The van der Waals surface area contributed by atoms with Crippen molar-refractivity contribution in [3.63, 3.8) is 0 Å². The standard InChI is InChI=1S/C14H15BrN2O/c15-12-6-7-13(17-10-12)11-16-8-9-18-14-4-2-1-3-5-14/h1-7,10,16H,8-9,11H2. The van der Waals surface area contributed by atoms with E-state index in [1.54, 1.807) is 6.20 Å². The summed E-state index contributed by atoms with van der Waals surface area (Å²) >= 11 is 3.36. The predicted molar refractivity (Wildman–Crippen MR) is 75.6 cm³/mol. The van der Waals surface area contributed by atoms with Gasteiger partial charge >= 0.3 is 0 Å². The second-order valence-corrected chi connectivity index (χ2v) is 4.72. The molecule has 0 unspecified atom stereocenters. The Bertz CT molecular complexity index is 459. The van der Waals surface area contributed by atoms with Gasteiger partial charge in [-0.25, -0.2) is 0 Å². The van der Waals surface area contributed by atoms with E-state index >= 15 is 0 Å². The van der Waals surface area contributed by atoms with E-state index in [2.05, 4.69) is 26.2 Å². The third kappa shape index (κ3) is 4.47. The summed E-state index contributed by atoms with van der Waals surface area (Å²) in [5.41, 5.74) is 1.03. The zero-order chi connectivity index (χ0) is 12.6. The molecule has 2 aromatic rings. The van der Waals surface area contributed by atoms with E-state index < -0.39 is 0 Å². The SMILES string of the molecule is Brc1ccc(CNCCOc2ccccc2)nc1. The van der Waals surface area contributed by atoms with Crippen LogP contribution in [0.1, 0.15) is 5.69 Å². The maximum absolute atomic E-state index is 5.57. The molecule has 0 bridgehead atoms. The van der Waals surface area contributed by atoms with Gasteiger partial charge in [0.15, 0.2) is 0 Å². The van der Waals surface area contributed by atoms with E-state index in [0.29, 0.717) is 6.61 Å². The highest BCUT2D eigenvalue weighted by Crippen LogP contribution is 2.08.